The molecule has 22 heavy (non-hydrogen) atoms. The molecule has 0 heterocycles. The molecular formula is C18H16N3P. The lowest BCUT2D eigenvalue weighted by atomic mass is 10.3. The van der Waals surface area contributed by atoms with Gasteiger partial charge in [-0.2, -0.15) is 0 Å². The van der Waals surface area contributed by atoms with Crippen LogP contribution in [0.25, 0.3) is 0 Å². The van der Waals surface area contributed by atoms with Gasteiger partial charge in [-0.3, -0.25) is 0 Å². The van der Waals surface area contributed by atoms with Crippen LogP contribution in [0.4, 0.5) is 17.1 Å². The Kier molecular flexibility index (Phi) is 4.81. The Bertz CT molecular complexity index is 746. The van der Waals surface area contributed by atoms with E-state index >= 15 is 0 Å². The van der Waals surface area contributed by atoms with E-state index in [1.54, 1.807) is 0 Å². The molecule has 1 N–H and O–H groups in total. The van der Waals surface area contributed by atoms with Crippen LogP contribution < -0.4 is 5.09 Å². The summed E-state index contributed by atoms with van der Waals surface area (Å²) in [5.41, 5.74) is 2.88. The van der Waals surface area contributed by atoms with Crippen molar-refractivity contribution >= 4 is 24.7 Å². The largest absolute Gasteiger partial charge is 0.313 e. The fraction of sp³-hybridized carbons (Fsp3) is 0. The van der Waals surface area contributed by atoms with Crippen LogP contribution in [-0.4, -0.2) is 0 Å². The molecule has 3 aromatic carbocycles. The number of para-hydroxylation sites is 1. The predicted octanol–water partition coefficient (Wildman–Crippen LogP) is 6.53. The van der Waals surface area contributed by atoms with E-state index in [0.29, 0.717) is 0 Å². The number of nitrogens with one attached hydrogen (secondary N) is 1. The standard InChI is InChI=1S/C18H16N3P/c1-4-10-16(11-5-1)19-22(20-17-12-6-2-7-13-17)21-18-14-8-3-9-15-18/h1-15H,(H,19,20,21). The van der Waals surface area contributed by atoms with Gasteiger partial charge in [-0.1, -0.05) is 54.6 Å². The number of hydrogen-bond donors (Lipinski definition) is 1. The normalized spacial score (nSPS) is 11.4. The van der Waals surface area contributed by atoms with E-state index in [1.165, 1.54) is 0 Å². The van der Waals surface area contributed by atoms with Gasteiger partial charge in [-0.05, 0) is 36.4 Å². The Balaban J connectivity index is 1.99. The highest BCUT2D eigenvalue weighted by molar-refractivity contribution is 7.38. The van der Waals surface area contributed by atoms with Gasteiger partial charge in [0, 0.05) is 5.69 Å². The molecule has 4 heteroatoms. The molecule has 0 bridgehead atoms. The molecule has 3 rings (SSSR count). The Labute approximate surface area is 130 Å². The molecule has 0 radical (unpaired) electrons. The molecule has 3 nitrogen and oxygen atoms in total. The van der Waals surface area contributed by atoms with Crippen molar-refractivity contribution in [3.8, 4) is 0 Å². The molecule has 0 aliphatic carbocycles. The van der Waals surface area contributed by atoms with Crippen molar-refractivity contribution in [1.29, 1.82) is 0 Å². The van der Waals surface area contributed by atoms with Gasteiger partial charge in [0.2, 0.25) is 0 Å². The van der Waals surface area contributed by atoms with Crippen molar-refractivity contribution in [2.75, 3.05) is 5.09 Å². The molecule has 0 aliphatic heterocycles. The molecule has 0 saturated heterocycles. The molecule has 3 aromatic rings. The van der Waals surface area contributed by atoms with Crippen LogP contribution in [0, 0.1) is 0 Å². The van der Waals surface area contributed by atoms with Crippen molar-refractivity contribution in [2.45, 2.75) is 0 Å². The molecule has 0 spiro atoms. The molecular weight excluding hydrogens is 289 g/mol. The summed E-state index contributed by atoms with van der Waals surface area (Å²) >= 11 is 0. The minimum atomic E-state index is -1.09. The lowest BCUT2D eigenvalue weighted by molar-refractivity contribution is 1.51. The second-order valence-electron chi connectivity index (χ2n) is 4.64. The molecule has 0 saturated carbocycles. The third kappa shape index (κ3) is 4.18. The molecule has 0 atom stereocenters. The van der Waals surface area contributed by atoms with E-state index < -0.39 is 7.66 Å². The maximum absolute atomic E-state index is 4.74. The number of benzene rings is 3. The molecule has 0 fully saturated rings. The first-order valence-electron chi connectivity index (χ1n) is 7.05. The minimum Gasteiger partial charge on any atom is -0.313 e. The topological polar surface area (TPSA) is 36.8 Å². The zero-order chi connectivity index (χ0) is 15.0. The lowest BCUT2D eigenvalue weighted by Crippen LogP contribution is -1.80. The fourth-order valence-corrected chi connectivity index (χ4v) is 3.14. The summed E-state index contributed by atoms with van der Waals surface area (Å²) in [7, 11) is -1.09. The Morgan fingerprint density at radius 3 is 1.41 bits per heavy atom. The summed E-state index contributed by atoms with van der Waals surface area (Å²) in [6, 6.07) is 29.9. The van der Waals surface area contributed by atoms with Crippen molar-refractivity contribution < 1.29 is 0 Å². The van der Waals surface area contributed by atoms with Crippen molar-refractivity contribution in [3.63, 3.8) is 0 Å². The van der Waals surface area contributed by atoms with Crippen molar-refractivity contribution in [2.24, 2.45) is 9.49 Å². The van der Waals surface area contributed by atoms with Gasteiger partial charge in [0.1, 0.15) is 0 Å². The first kappa shape index (κ1) is 14.3. The van der Waals surface area contributed by atoms with E-state index in [9.17, 15) is 0 Å². The van der Waals surface area contributed by atoms with E-state index in [-0.39, 0.29) is 0 Å². The van der Waals surface area contributed by atoms with E-state index in [2.05, 4.69) is 5.09 Å². The molecule has 108 valence electrons. The lowest BCUT2D eigenvalue weighted by Gasteiger charge is -2.02. The van der Waals surface area contributed by atoms with Crippen LogP contribution in [0.5, 0.6) is 0 Å². The summed E-state index contributed by atoms with van der Waals surface area (Å²) in [6.07, 6.45) is 0. The van der Waals surface area contributed by atoms with Crippen LogP contribution >= 0.6 is 7.66 Å². The zero-order valence-electron chi connectivity index (χ0n) is 12.0. The predicted molar refractivity (Wildman–Crippen MR) is 94.0 cm³/mol. The maximum Gasteiger partial charge on any atom is 0.175 e. The fourth-order valence-electron chi connectivity index (χ4n) is 1.91. The molecule has 0 unspecified atom stereocenters. The van der Waals surface area contributed by atoms with E-state index in [1.807, 2.05) is 91.0 Å². The number of anilines is 1. The summed E-state index contributed by atoms with van der Waals surface area (Å²) in [4.78, 5) is 0. The minimum absolute atomic E-state index is 0.928. The summed E-state index contributed by atoms with van der Waals surface area (Å²) in [5.74, 6) is 0. The Morgan fingerprint density at radius 2 is 0.955 bits per heavy atom. The van der Waals surface area contributed by atoms with Crippen LogP contribution in [-0.2, 0) is 0 Å². The quantitative estimate of drug-likeness (QED) is 0.547. The van der Waals surface area contributed by atoms with E-state index in [4.69, 9.17) is 9.49 Å². The number of hydrogen-bond acceptors (Lipinski definition) is 2. The molecule has 0 aliphatic rings. The Hall–Kier alpha value is -2.64. The van der Waals surface area contributed by atoms with Gasteiger partial charge in [0.25, 0.3) is 0 Å². The van der Waals surface area contributed by atoms with E-state index in [0.717, 1.165) is 17.1 Å². The summed E-state index contributed by atoms with van der Waals surface area (Å²) in [6.45, 7) is 0. The third-order valence-corrected chi connectivity index (χ3v) is 4.23. The average molecular weight is 305 g/mol. The van der Waals surface area contributed by atoms with Gasteiger partial charge >= 0.3 is 0 Å². The highest BCUT2D eigenvalue weighted by atomic mass is 31.1. The Morgan fingerprint density at radius 1 is 0.545 bits per heavy atom. The average Bonchev–Trinajstić information content (AvgIpc) is 2.57. The van der Waals surface area contributed by atoms with Crippen LogP contribution in [0.15, 0.2) is 100 Å². The van der Waals surface area contributed by atoms with Crippen molar-refractivity contribution in [1.82, 2.24) is 0 Å². The summed E-state index contributed by atoms with van der Waals surface area (Å²) < 4.78 is 9.47. The second-order valence-corrected chi connectivity index (χ2v) is 5.84. The van der Waals surface area contributed by atoms with Crippen molar-refractivity contribution in [3.05, 3.63) is 91.0 Å². The van der Waals surface area contributed by atoms with Gasteiger partial charge in [-0.25, -0.2) is 9.49 Å². The van der Waals surface area contributed by atoms with Crippen LogP contribution in [0.2, 0.25) is 0 Å². The highest BCUT2D eigenvalue weighted by Gasteiger charge is 1.94. The number of nitrogens with zero attached hydrogens (tertiary/aromatic N) is 2. The summed E-state index contributed by atoms with van der Waals surface area (Å²) in [5, 5.41) is 3.41. The first-order chi connectivity index (χ1) is 10.9. The third-order valence-electron chi connectivity index (χ3n) is 2.94. The van der Waals surface area contributed by atoms with Gasteiger partial charge in [0.15, 0.2) is 7.66 Å². The molecule has 0 amide bonds. The first-order valence-corrected chi connectivity index (χ1v) is 8.30. The molecule has 0 aromatic heterocycles. The smallest absolute Gasteiger partial charge is 0.175 e. The van der Waals surface area contributed by atoms with Crippen LogP contribution in [0.3, 0.4) is 0 Å². The monoisotopic (exact) mass is 305 g/mol. The zero-order valence-corrected chi connectivity index (χ0v) is 12.9. The van der Waals surface area contributed by atoms with Crippen LogP contribution in [0.1, 0.15) is 0 Å². The SMILES string of the molecule is c1ccc(N=P(=Nc2ccccc2)Nc2ccccc2)cc1. The second kappa shape index (κ2) is 7.39. The highest BCUT2D eigenvalue weighted by Crippen LogP contribution is 2.30. The van der Waals surface area contributed by atoms with Gasteiger partial charge < -0.3 is 5.09 Å². The maximum atomic E-state index is 4.74. The van der Waals surface area contributed by atoms with Gasteiger partial charge in [0.05, 0.1) is 11.4 Å². The van der Waals surface area contributed by atoms with Gasteiger partial charge in [-0.15, -0.1) is 0 Å². The number of rotatable bonds is 4.